The lowest BCUT2D eigenvalue weighted by Gasteiger charge is -2.32. The molecule has 104 valence electrons. The van der Waals surface area contributed by atoms with Crippen LogP contribution in [0.2, 0.25) is 0 Å². The zero-order valence-electron chi connectivity index (χ0n) is 11.6. The van der Waals surface area contributed by atoms with E-state index in [0.717, 1.165) is 32.1 Å². The van der Waals surface area contributed by atoms with Crippen LogP contribution >= 0.6 is 0 Å². The fraction of sp³-hybridized carbons (Fsp3) is 0.929. The summed E-state index contributed by atoms with van der Waals surface area (Å²) < 4.78 is 5.74. The van der Waals surface area contributed by atoms with Gasteiger partial charge in [-0.3, -0.25) is 10.1 Å². The first-order chi connectivity index (χ1) is 8.54. The number of ether oxygens (including phenoxy) is 1. The summed E-state index contributed by atoms with van der Waals surface area (Å²) in [6, 6.07) is 0.479. The number of hydrogen-bond acceptors (Lipinski definition) is 3. The van der Waals surface area contributed by atoms with Gasteiger partial charge in [0.25, 0.3) is 0 Å². The Morgan fingerprint density at radius 2 is 2.06 bits per heavy atom. The van der Waals surface area contributed by atoms with Crippen LogP contribution in [0, 0.1) is 11.8 Å². The smallest absolute Gasteiger partial charge is 0.240 e. The summed E-state index contributed by atoms with van der Waals surface area (Å²) in [5, 5.41) is 3.45. The fourth-order valence-corrected chi connectivity index (χ4v) is 2.34. The predicted molar refractivity (Wildman–Crippen MR) is 71.1 cm³/mol. The molecule has 1 amide bonds. The van der Waals surface area contributed by atoms with Crippen molar-refractivity contribution in [3.8, 4) is 0 Å². The highest BCUT2D eigenvalue weighted by Gasteiger charge is 2.52. The van der Waals surface area contributed by atoms with Gasteiger partial charge in [-0.1, -0.05) is 13.8 Å². The number of carbonyl (C=O) groups is 1. The summed E-state index contributed by atoms with van der Waals surface area (Å²) in [7, 11) is 0. The van der Waals surface area contributed by atoms with Crippen molar-refractivity contribution in [2.45, 2.75) is 57.5 Å². The van der Waals surface area contributed by atoms with Crippen molar-refractivity contribution in [3.05, 3.63) is 0 Å². The zero-order valence-corrected chi connectivity index (χ0v) is 11.6. The lowest BCUT2D eigenvalue weighted by atomic mass is 9.93. The van der Waals surface area contributed by atoms with Gasteiger partial charge in [0.2, 0.25) is 5.91 Å². The van der Waals surface area contributed by atoms with E-state index in [1.807, 2.05) is 0 Å². The van der Waals surface area contributed by atoms with Gasteiger partial charge in [-0.05, 0) is 43.9 Å². The Balaban J connectivity index is 1.88. The third kappa shape index (κ3) is 3.45. The van der Waals surface area contributed by atoms with E-state index in [2.05, 4.69) is 19.2 Å². The second kappa shape index (κ2) is 5.57. The van der Waals surface area contributed by atoms with Crippen molar-refractivity contribution in [1.29, 1.82) is 0 Å². The van der Waals surface area contributed by atoms with Gasteiger partial charge < -0.3 is 10.5 Å². The molecule has 4 nitrogen and oxygen atoms in total. The van der Waals surface area contributed by atoms with E-state index in [-0.39, 0.29) is 5.91 Å². The molecular weight excluding hydrogens is 228 g/mol. The molecule has 0 bridgehead atoms. The van der Waals surface area contributed by atoms with Gasteiger partial charge in [0.15, 0.2) is 0 Å². The van der Waals surface area contributed by atoms with Gasteiger partial charge in [-0.25, -0.2) is 0 Å². The maximum atomic E-state index is 11.9. The first-order valence-electron chi connectivity index (χ1n) is 7.20. The van der Waals surface area contributed by atoms with Crippen LogP contribution < -0.4 is 11.1 Å². The minimum Gasteiger partial charge on any atom is -0.379 e. The van der Waals surface area contributed by atoms with Crippen molar-refractivity contribution < 1.29 is 9.53 Å². The Kier molecular flexibility index (Phi) is 4.28. The molecule has 2 fully saturated rings. The van der Waals surface area contributed by atoms with Crippen LogP contribution in [-0.4, -0.2) is 30.7 Å². The van der Waals surface area contributed by atoms with Crippen LogP contribution in [0.3, 0.4) is 0 Å². The molecule has 0 radical (unpaired) electrons. The van der Waals surface area contributed by atoms with E-state index in [0.29, 0.717) is 31.1 Å². The van der Waals surface area contributed by atoms with Crippen molar-refractivity contribution >= 4 is 5.91 Å². The summed E-state index contributed by atoms with van der Waals surface area (Å²) in [5.74, 6) is 0.779. The highest BCUT2D eigenvalue weighted by Crippen LogP contribution is 2.41. The summed E-state index contributed by atoms with van der Waals surface area (Å²) in [4.78, 5) is 11.9. The number of carbonyl (C=O) groups excluding carboxylic acids is 1. The molecule has 0 aromatic heterocycles. The molecule has 0 aromatic carbocycles. The van der Waals surface area contributed by atoms with E-state index in [1.165, 1.54) is 0 Å². The molecule has 0 spiro atoms. The molecule has 4 heteroatoms. The largest absolute Gasteiger partial charge is 0.379 e. The van der Waals surface area contributed by atoms with Crippen LogP contribution in [0.5, 0.6) is 0 Å². The van der Waals surface area contributed by atoms with Gasteiger partial charge in [0.1, 0.15) is 5.54 Å². The molecule has 18 heavy (non-hydrogen) atoms. The quantitative estimate of drug-likeness (QED) is 0.612. The highest BCUT2D eigenvalue weighted by molar-refractivity contribution is 5.86. The Bertz CT molecular complexity index is 298. The van der Waals surface area contributed by atoms with E-state index in [9.17, 15) is 4.79 Å². The number of nitrogens with one attached hydrogen (secondary N) is 1. The average Bonchev–Trinajstić information content (AvgIpc) is 3.14. The minimum atomic E-state index is -0.599. The number of nitrogens with two attached hydrogens (primary N) is 1. The molecule has 0 aliphatic heterocycles. The molecule has 2 aliphatic carbocycles. The SMILES string of the molecule is CC(C)CCOCC(NC1CC1)(C(N)=O)C1CC1. The predicted octanol–water partition coefficient (Wildman–Crippen LogP) is 1.44. The molecule has 2 rings (SSSR count). The second-order valence-electron chi connectivity index (χ2n) is 6.26. The Hall–Kier alpha value is -0.610. The molecule has 0 heterocycles. The van der Waals surface area contributed by atoms with Gasteiger partial charge in [0.05, 0.1) is 6.61 Å². The standard InChI is InChI=1S/C14H26N2O2/c1-10(2)7-8-18-9-14(13(15)17,11-3-4-11)16-12-5-6-12/h10-12,16H,3-9H2,1-2H3,(H2,15,17). The molecule has 3 N–H and O–H groups in total. The van der Waals surface area contributed by atoms with Gasteiger partial charge in [-0.15, -0.1) is 0 Å². The fourth-order valence-electron chi connectivity index (χ4n) is 2.34. The second-order valence-corrected chi connectivity index (χ2v) is 6.26. The van der Waals surface area contributed by atoms with Crippen molar-refractivity contribution in [2.75, 3.05) is 13.2 Å². The van der Waals surface area contributed by atoms with Crippen molar-refractivity contribution in [1.82, 2.24) is 5.32 Å². The average molecular weight is 254 g/mol. The van der Waals surface area contributed by atoms with E-state index in [1.54, 1.807) is 0 Å². The van der Waals surface area contributed by atoms with Gasteiger partial charge in [-0.2, -0.15) is 0 Å². The number of primary amides is 1. The Morgan fingerprint density at radius 3 is 2.50 bits per heavy atom. The zero-order chi connectivity index (χ0) is 13.2. The highest BCUT2D eigenvalue weighted by atomic mass is 16.5. The maximum absolute atomic E-state index is 11.9. The number of hydrogen-bond donors (Lipinski definition) is 2. The van der Waals surface area contributed by atoms with Crippen LogP contribution in [0.1, 0.15) is 46.0 Å². The van der Waals surface area contributed by atoms with Crippen LogP contribution in [-0.2, 0) is 9.53 Å². The van der Waals surface area contributed by atoms with Crippen molar-refractivity contribution in [3.63, 3.8) is 0 Å². The topological polar surface area (TPSA) is 64.3 Å². The summed E-state index contributed by atoms with van der Waals surface area (Å²) in [6.07, 6.45) is 5.54. The van der Waals surface area contributed by atoms with E-state index < -0.39 is 5.54 Å². The lowest BCUT2D eigenvalue weighted by molar-refractivity contribution is -0.128. The molecule has 0 saturated heterocycles. The molecule has 2 aliphatic rings. The van der Waals surface area contributed by atoms with Gasteiger partial charge in [0, 0.05) is 12.6 Å². The van der Waals surface area contributed by atoms with Crippen molar-refractivity contribution in [2.24, 2.45) is 17.6 Å². The Morgan fingerprint density at radius 1 is 1.39 bits per heavy atom. The van der Waals surface area contributed by atoms with E-state index >= 15 is 0 Å². The monoisotopic (exact) mass is 254 g/mol. The number of amides is 1. The number of rotatable bonds is 9. The molecule has 1 atom stereocenters. The molecule has 1 unspecified atom stereocenters. The maximum Gasteiger partial charge on any atom is 0.240 e. The third-order valence-corrected chi connectivity index (χ3v) is 3.92. The summed E-state index contributed by atoms with van der Waals surface area (Å²) in [6.45, 7) is 5.50. The lowest BCUT2D eigenvalue weighted by Crippen LogP contribution is -2.61. The van der Waals surface area contributed by atoms with Crippen LogP contribution in [0.25, 0.3) is 0 Å². The Labute approximate surface area is 110 Å². The normalized spacial score (nSPS) is 23.1. The first-order valence-corrected chi connectivity index (χ1v) is 7.20. The van der Waals surface area contributed by atoms with Crippen LogP contribution in [0.15, 0.2) is 0 Å². The van der Waals surface area contributed by atoms with Crippen LogP contribution in [0.4, 0.5) is 0 Å². The van der Waals surface area contributed by atoms with E-state index in [4.69, 9.17) is 10.5 Å². The molecular formula is C14H26N2O2. The third-order valence-electron chi connectivity index (χ3n) is 3.92. The summed E-state index contributed by atoms with van der Waals surface area (Å²) in [5.41, 5.74) is 5.05. The first kappa shape index (κ1) is 13.8. The molecule has 2 saturated carbocycles. The van der Waals surface area contributed by atoms with Gasteiger partial charge >= 0.3 is 0 Å². The summed E-state index contributed by atoms with van der Waals surface area (Å²) >= 11 is 0. The molecule has 0 aromatic rings. The minimum absolute atomic E-state index is 0.235.